The molecule has 33 heavy (non-hydrogen) atoms. The van der Waals surface area contributed by atoms with Crippen molar-refractivity contribution in [1.29, 1.82) is 0 Å². The van der Waals surface area contributed by atoms with Gasteiger partial charge in [-0.15, -0.1) is 0 Å². The second kappa shape index (κ2) is 10.3. The van der Waals surface area contributed by atoms with E-state index in [4.69, 9.17) is 4.74 Å². The molecule has 3 aromatic rings. The van der Waals surface area contributed by atoms with Gasteiger partial charge in [-0.05, 0) is 56.3 Å². The van der Waals surface area contributed by atoms with Crippen LogP contribution in [0.15, 0.2) is 53.3 Å². The van der Waals surface area contributed by atoms with Crippen LogP contribution in [0.4, 0.5) is 0 Å². The molecule has 1 aromatic heterocycles. The van der Waals surface area contributed by atoms with Crippen molar-refractivity contribution in [3.63, 3.8) is 0 Å². The van der Waals surface area contributed by atoms with Crippen LogP contribution in [0.5, 0.6) is 5.75 Å². The van der Waals surface area contributed by atoms with Crippen molar-refractivity contribution >= 4 is 22.6 Å². The first-order valence-corrected chi connectivity index (χ1v) is 11.0. The fourth-order valence-corrected chi connectivity index (χ4v) is 3.92. The van der Waals surface area contributed by atoms with Crippen LogP contribution in [0.25, 0.3) is 16.5 Å². The third-order valence-corrected chi connectivity index (χ3v) is 5.70. The number of aromatic nitrogens is 2. The molecule has 2 heterocycles. The van der Waals surface area contributed by atoms with Gasteiger partial charge in [-0.2, -0.15) is 9.78 Å². The zero-order chi connectivity index (χ0) is 23.2. The lowest BCUT2D eigenvalue weighted by Crippen LogP contribution is -2.40. The monoisotopic (exact) mass is 449 g/mol. The highest BCUT2D eigenvalue weighted by Crippen LogP contribution is 2.17. The van der Waals surface area contributed by atoms with Crippen LogP contribution in [0.2, 0.25) is 0 Å². The average molecular weight is 450 g/mol. The molecule has 0 radical (unpaired) electrons. The lowest BCUT2D eigenvalue weighted by molar-refractivity contribution is -0.120. The summed E-state index contributed by atoms with van der Waals surface area (Å²) in [4.78, 5) is 40.5. The first-order chi connectivity index (χ1) is 16.1. The largest absolute Gasteiger partial charge is 0.497 e. The number of rotatable bonds is 8. The highest BCUT2D eigenvalue weighted by molar-refractivity contribution is 6.05. The van der Waals surface area contributed by atoms with Gasteiger partial charge in [0.25, 0.3) is 11.5 Å². The predicted octanol–water partition coefficient (Wildman–Crippen LogP) is 1.34. The molecule has 0 unspecified atom stereocenters. The summed E-state index contributed by atoms with van der Waals surface area (Å²) in [6.07, 6.45) is 2.40. The van der Waals surface area contributed by atoms with Crippen LogP contribution in [0, 0.1) is 0 Å². The van der Waals surface area contributed by atoms with E-state index in [0.717, 1.165) is 19.6 Å². The zero-order valence-electron chi connectivity index (χ0n) is 18.5. The molecule has 0 spiro atoms. The number of carbonyl (C=O) groups excluding carboxylic acids is 2. The Bertz CT molecular complexity index is 1200. The topological polar surface area (TPSA) is 106 Å². The van der Waals surface area contributed by atoms with Crippen LogP contribution < -0.4 is 20.9 Å². The molecular weight excluding hydrogens is 422 g/mol. The molecule has 4 rings (SSSR count). The number of ether oxygens (including phenoxy) is 1. The van der Waals surface area contributed by atoms with Crippen LogP contribution in [-0.2, 0) is 4.79 Å². The van der Waals surface area contributed by atoms with Gasteiger partial charge < -0.3 is 20.3 Å². The van der Waals surface area contributed by atoms with Gasteiger partial charge in [0.1, 0.15) is 5.75 Å². The fraction of sp³-hybridized carbons (Fsp3) is 0.333. The predicted molar refractivity (Wildman–Crippen MR) is 125 cm³/mol. The summed E-state index contributed by atoms with van der Waals surface area (Å²) in [5.74, 6) is -0.153. The highest BCUT2D eigenvalue weighted by atomic mass is 16.5. The Hall–Kier alpha value is -3.72. The van der Waals surface area contributed by atoms with Crippen LogP contribution in [0.3, 0.4) is 0 Å². The molecular formula is C24H27N5O4. The van der Waals surface area contributed by atoms with Crippen molar-refractivity contribution in [3.05, 3.63) is 64.6 Å². The number of carbonyl (C=O) groups is 2. The summed E-state index contributed by atoms with van der Waals surface area (Å²) in [5.41, 5.74) is 0.234. The van der Waals surface area contributed by atoms with E-state index in [1.165, 1.54) is 17.5 Å². The molecule has 2 N–H and O–H groups in total. The van der Waals surface area contributed by atoms with E-state index >= 15 is 0 Å². The van der Waals surface area contributed by atoms with Crippen LogP contribution >= 0.6 is 0 Å². The van der Waals surface area contributed by atoms with Crippen molar-refractivity contribution in [1.82, 2.24) is 25.3 Å². The van der Waals surface area contributed by atoms with Gasteiger partial charge in [-0.1, -0.05) is 18.2 Å². The number of methoxy groups -OCH3 is 1. The minimum atomic E-state index is -0.525. The van der Waals surface area contributed by atoms with Crippen molar-refractivity contribution in [2.75, 3.05) is 39.8 Å². The molecule has 9 heteroatoms. The second-order valence-electron chi connectivity index (χ2n) is 7.89. The van der Waals surface area contributed by atoms with Crippen molar-refractivity contribution in [2.45, 2.75) is 12.8 Å². The van der Waals surface area contributed by atoms with Gasteiger partial charge >= 0.3 is 0 Å². The normalized spacial score (nSPS) is 13.7. The smallest absolute Gasteiger partial charge is 0.279 e. The lowest BCUT2D eigenvalue weighted by Gasteiger charge is -2.15. The fourth-order valence-electron chi connectivity index (χ4n) is 3.92. The number of hydrogen-bond acceptors (Lipinski definition) is 6. The molecule has 1 saturated heterocycles. The van der Waals surface area contributed by atoms with E-state index in [9.17, 15) is 14.4 Å². The maximum atomic E-state index is 13.0. The minimum absolute atomic E-state index is 0.0749. The van der Waals surface area contributed by atoms with E-state index in [2.05, 4.69) is 20.6 Å². The van der Waals surface area contributed by atoms with E-state index in [-0.39, 0.29) is 23.7 Å². The molecule has 0 bridgehead atoms. The number of hydrogen-bond donors (Lipinski definition) is 2. The summed E-state index contributed by atoms with van der Waals surface area (Å²) in [7, 11) is 1.56. The molecule has 0 saturated carbocycles. The number of amides is 2. The second-order valence-corrected chi connectivity index (χ2v) is 7.89. The third-order valence-electron chi connectivity index (χ3n) is 5.70. The van der Waals surface area contributed by atoms with Crippen molar-refractivity contribution < 1.29 is 14.3 Å². The minimum Gasteiger partial charge on any atom is -0.497 e. The van der Waals surface area contributed by atoms with Gasteiger partial charge in [0.05, 0.1) is 24.7 Å². The van der Waals surface area contributed by atoms with Gasteiger partial charge in [-0.25, -0.2) is 0 Å². The molecule has 1 fully saturated rings. The van der Waals surface area contributed by atoms with Gasteiger partial charge in [0.15, 0.2) is 5.69 Å². The van der Waals surface area contributed by atoms with E-state index in [0.29, 0.717) is 28.8 Å². The summed E-state index contributed by atoms with van der Waals surface area (Å²) in [6, 6.07) is 13.6. The summed E-state index contributed by atoms with van der Waals surface area (Å²) in [6.45, 7) is 3.30. The van der Waals surface area contributed by atoms with Gasteiger partial charge in [0, 0.05) is 18.5 Å². The molecule has 2 amide bonds. The maximum Gasteiger partial charge on any atom is 0.279 e. The number of nitrogens with zero attached hydrogens (tertiary/aromatic N) is 3. The van der Waals surface area contributed by atoms with Crippen molar-refractivity contribution in [2.24, 2.45) is 0 Å². The molecule has 1 aliphatic rings. The Kier molecular flexibility index (Phi) is 6.99. The Balaban J connectivity index is 1.50. The first kappa shape index (κ1) is 22.5. The number of benzene rings is 2. The Morgan fingerprint density at radius 2 is 1.70 bits per heavy atom. The third kappa shape index (κ3) is 5.20. The number of fused-ring (bicyclic) bond motifs is 1. The lowest BCUT2D eigenvalue weighted by atomic mass is 10.1. The Morgan fingerprint density at radius 3 is 2.39 bits per heavy atom. The SMILES string of the molecule is COc1ccc(-n2nc(C(=O)NCC(=O)NCCN3CCCC3)c3ccccc3c2=O)cc1. The Labute approximate surface area is 191 Å². The standard InChI is InChI=1S/C24H27N5O4/c1-33-18-10-8-17(9-11-18)29-24(32)20-7-3-2-6-19(20)22(27-29)23(31)26-16-21(30)25-12-15-28-13-4-5-14-28/h2-3,6-11H,4-5,12-16H2,1H3,(H,25,30)(H,26,31). The zero-order valence-corrected chi connectivity index (χ0v) is 18.5. The quantitative estimate of drug-likeness (QED) is 0.538. The average Bonchev–Trinajstić information content (AvgIpc) is 3.37. The Morgan fingerprint density at radius 1 is 1.00 bits per heavy atom. The van der Waals surface area contributed by atoms with Gasteiger partial charge in [-0.3, -0.25) is 14.4 Å². The molecule has 0 aliphatic carbocycles. The summed E-state index contributed by atoms with van der Waals surface area (Å²) in [5, 5.41) is 10.6. The molecule has 2 aromatic carbocycles. The van der Waals surface area contributed by atoms with Gasteiger partial charge in [0.2, 0.25) is 5.91 Å². The van der Waals surface area contributed by atoms with E-state index in [1.54, 1.807) is 55.6 Å². The molecule has 172 valence electrons. The van der Waals surface area contributed by atoms with Crippen molar-refractivity contribution in [3.8, 4) is 11.4 Å². The molecule has 1 aliphatic heterocycles. The summed E-state index contributed by atoms with van der Waals surface area (Å²) >= 11 is 0. The highest BCUT2D eigenvalue weighted by Gasteiger charge is 2.18. The molecule has 0 atom stereocenters. The van der Waals surface area contributed by atoms with Crippen LogP contribution in [0.1, 0.15) is 23.3 Å². The summed E-state index contributed by atoms with van der Waals surface area (Å²) < 4.78 is 6.35. The maximum absolute atomic E-state index is 13.0. The van der Waals surface area contributed by atoms with E-state index < -0.39 is 5.91 Å². The van der Waals surface area contributed by atoms with E-state index in [1.807, 2.05) is 0 Å². The number of likely N-dealkylation sites (tertiary alicyclic amines) is 1. The first-order valence-electron chi connectivity index (χ1n) is 11.0. The number of nitrogens with one attached hydrogen (secondary N) is 2. The van der Waals surface area contributed by atoms with Crippen LogP contribution in [-0.4, -0.2) is 66.3 Å². The molecule has 9 nitrogen and oxygen atoms in total.